The number of hydrogen-bond donors (Lipinski definition) is 0. The molecule has 0 radical (unpaired) electrons. The summed E-state index contributed by atoms with van der Waals surface area (Å²) in [6, 6.07) is 6.21. The maximum atomic E-state index is 11.7. The quantitative estimate of drug-likeness (QED) is 0.196. The van der Waals surface area contributed by atoms with Gasteiger partial charge in [-0.1, -0.05) is 18.7 Å². The highest BCUT2D eigenvalue weighted by atomic mass is 16.5. The lowest BCUT2D eigenvalue weighted by molar-refractivity contribution is -0.147. The third-order valence-corrected chi connectivity index (χ3v) is 3.27. The lowest BCUT2D eigenvalue weighted by Crippen LogP contribution is -2.13. The molecule has 0 amide bonds. The molecule has 0 spiro atoms. The fraction of sp³-hybridized carbons (Fsp3) is 0.368. The van der Waals surface area contributed by atoms with E-state index < -0.39 is 18.4 Å². The lowest BCUT2D eigenvalue weighted by Gasteiger charge is -2.06. The van der Waals surface area contributed by atoms with E-state index in [-0.39, 0.29) is 44.0 Å². The predicted octanol–water partition coefficient (Wildman–Crippen LogP) is 2.51. The average molecular weight is 363 g/mol. The van der Waals surface area contributed by atoms with Gasteiger partial charge in [-0.3, -0.25) is 19.2 Å². The summed E-state index contributed by atoms with van der Waals surface area (Å²) in [5, 5.41) is 0. The molecule has 0 aliphatic carbocycles. The Morgan fingerprint density at radius 3 is 2.38 bits per heavy atom. The molecule has 0 unspecified atom stereocenters. The smallest absolute Gasteiger partial charge is 0.311 e. The monoisotopic (exact) mass is 363 g/mol. The SMILES string of the molecule is [2H]C(=O)OCc1ccc(OC(=O)CCC(=O)OCCCC(=O)C(=C)C)cc1. The molecule has 0 fully saturated rings. The number of benzene rings is 1. The van der Waals surface area contributed by atoms with Crippen molar-refractivity contribution in [2.75, 3.05) is 6.61 Å². The lowest BCUT2D eigenvalue weighted by atomic mass is 10.1. The van der Waals surface area contributed by atoms with E-state index in [1.54, 1.807) is 19.1 Å². The Balaban J connectivity index is 2.24. The number of carbonyl (C=O) groups excluding carboxylic acids is 4. The second-order valence-electron chi connectivity index (χ2n) is 5.52. The second-order valence-corrected chi connectivity index (χ2v) is 5.52. The van der Waals surface area contributed by atoms with Crippen LogP contribution in [0.2, 0.25) is 0 Å². The standard InChI is InChI=1S/C19H22O7/c1-14(2)17(21)4-3-11-25-18(22)9-10-19(23)26-16-7-5-15(6-8-16)12-24-13-20/h5-8,13H,1,3-4,9-12H2,2H3/i13D. The normalized spacial score (nSPS) is 10.4. The van der Waals surface area contributed by atoms with Gasteiger partial charge in [0.05, 0.1) is 19.4 Å². The Bertz CT molecular complexity index is 695. The summed E-state index contributed by atoms with van der Waals surface area (Å²) in [6.45, 7) is 5.23. The predicted molar refractivity (Wildman–Crippen MR) is 92.2 cm³/mol. The van der Waals surface area contributed by atoms with Crippen molar-refractivity contribution in [3.8, 4) is 5.75 Å². The molecular weight excluding hydrogens is 340 g/mol. The molecular formula is C19H22O7. The Labute approximate surface area is 153 Å². The average Bonchev–Trinajstić information content (AvgIpc) is 2.62. The summed E-state index contributed by atoms with van der Waals surface area (Å²) in [4.78, 5) is 45.0. The first-order valence-corrected chi connectivity index (χ1v) is 8.05. The molecule has 0 N–H and O–H groups in total. The van der Waals surface area contributed by atoms with Crippen LogP contribution in [0.15, 0.2) is 36.4 Å². The molecule has 1 aromatic rings. The van der Waals surface area contributed by atoms with Crippen molar-refractivity contribution in [2.45, 2.75) is 39.2 Å². The van der Waals surface area contributed by atoms with Crippen LogP contribution >= 0.6 is 0 Å². The van der Waals surface area contributed by atoms with Gasteiger partial charge in [0.1, 0.15) is 12.4 Å². The number of hydrogen-bond acceptors (Lipinski definition) is 7. The van der Waals surface area contributed by atoms with Crippen molar-refractivity contribution in [2.24, 2.45) is 0 Å². The van der Waals surface area contributed by atoms with E-state index in [2.05, 4.69) is 11.3 Å². The molecule has 7 nitrogen and oxygen atoms in total. The van der Waals surface area contributed by atoms with Crippen LogP contribution in [0.4, 0.5) is 0 Å². The van der Waals surface area contributed by atoms with Gasteiger partial charge in [-0.05, 0) is 36.6 Å². The van der Waals surface area contributed by atoms with Crippen molar-refractivity contribution in [1.29, 1.82) is 0 Å². The largest absolute Gasteiger partial charge is 0.466 e. The second kappa shape index (κ2) is 11.6. The number of rotatable bonds is 11. The molecule has 0 heterocycles. The maximum Gasteiger partial charge on any atom is 0.311 e. The van der Waals surface area contributed by atoms with Crippen LogP contribution in [0.3, 0.4) is 0 Å². The van der Waals surface area contributed by atoms with E-state index in [0.29, 0.717) is 17.6 Å². The minimum atomic E-state index is -1.13. The van der Waals surface area contributed by atoms with Gasteiger partial charge in [-0.2, -0.15) is 0 Å². The minimum Gasteiger partial charge on any atom is -0.466 e. The van der Waals surface area contributed by atoms with Crippen molar-refractivity contribution in [3.63, 3.8) is 0 Å². The summed E-state index contributed by atoms with van der Waals surface area (Å²) in [7, 11) is 0. The number of ether oxygens (including phenoxy) is 3. The van der Waals surface area contributed by atoms with Gasteiger partial charge in [0.25, 0.3) is 6.45 Å². The third-order valence-electron chi connectivity index (χ3n) is 3.27. The number of Topliss-reactive ketones (excluding diaryl/α,β-unsaturated/α-hetero) is 1. The van der Waals surface area contributed by atoms with Crippen LogP contribution in [-0.4, -0.2) is 30.8 Å². The zero-order chi connectivity index (χ0) is 20.2. The molecule has 0 bridgehead atoms. The minimum absolute atomic E-state index is 0.0413. The van der Waals surface area contributed by atoms with Gasteiger partial charge in [0.15, 0.2) is 7.15 Å². The first-order chi connectivity index (χ1) is 12.8. The van der Waals surface area contributed by atoms with Crippen LogP contribution in [0, 0.1) is 0 Å². The summed E-state index contributed by atoms with van der Waals surface area (Å²) in [5.74, 6) is -0.914. The molecule has 0 aromatic heterocycles. The number of ketones is 1. The zero-order valence-corrected chi connectivity index (χ0v) is 14.6. The van der Waals surface area contributed by atoms with E-state index in [4.69, 9.17) is 10.8 Å². The topological polar surface area (TPSA) is 96.0 Å². The van der Waals surface area contributed by atoms with Crippen molar-refractivity contribution < 1.29 is 34.8 Å². The highest BCUT2D eigenvalue weighted by Gasteiger charge is 2.11. The first kappa shape index (κ1) is 19.4. The third kappa shape index (κ3) is 8.77. The van der Waals surface area contributed by atoms with Crippen LogP contribution < -0.4 is 4.74 Å². The van der Waals surface area contributed by atoms with Gasteiger partial charge >= 0.3 is 11.9 Å². The zero-order valence-electron chi connectivity index (χ0n) is 15.6. The fourth-order valence-electron chi connectivity index (χ4n) is 1.86. The fourth-order valence-corrected chi connectivity index (χ4v) is 1.86. The Morgan fingerprint density at radius 1 is 1.12 bits per heavy atom. The molecule has 7 heteroatoms. The van der Waals surface area contributed by atoms with Crippen molar-refractivity contribution in [3.05, 3.63) is 42.0 Å². The summed E-state index contributed by atoms with van der Waals surface area (Å²) in [6.07, 6.45) is -0.711. The van der Waals surface area contributed by atoms with Crippen LogP contribution in [0.25, 0.3) is 0 Å². The van der Waals surface area contributed by atoms with Gasteiger partial charge in [-0.25, -0.2) is 0 Å². The van der Waals surface area contributed by atoms with Gasteiger partial charge < -0.3 is 14.2 Å². The highest BCUT2D eigenvalue weighted by molar-refractivity contribution is 5.94. The summed E-state index contributed by atoms with van der Waals surface area (Å²) in [5.41, 5.74) is 1.11. The maximum absolute atomic E-state index is 11.7. The molecule has 0 aliphatic heterocycles. The van der Waals surface area contributed by atoms with Gasteiger partial charge in [0, 0.05) is 6.42 Å². The Hall–Kier alpha value is -2.96. The molecule has 1 rings (SSSR count). The molecule has 140 valence electrons. The van der Waals surface area contributed by atoms with Crippen molar-refractivity contribution >= 4 is 24.2 Å². The van der Waals surface area contributed by atoms with Crippen LogP contribution in [0.1, 0.15) is 39.5 Å². The first-order valence-electron chi connectivity index (χ1n) is 8.55. The van der Waals surface area contributed by atoms with E-state index in [9.17, 15) is 19.2 Å². The molecule has 26 heavy (non-hydrogen) atoms. The number of carbonyl (C=O) groups is 4. The van der Waals surface area contributed by atoms with E-state index in [1.807, 2.05) is 0 Å². The van der Waals surface area contributed by atoms with Crippen LogP contribution in [-0.2, 0) is 35.3 Å². The molecule has 0 saturated carbocycles. The molecule has 0 atom stereocenters. The van der Waals surface area contributed by atoms with Crippen molar-refractivity contribution in [1.82, 2.24) is 0 Å². The van der Waals surface area contributed by atoms with Gasteiger partial charge in [0.2, 0.25) is 0 Å². The highest BCUT2D eigenvalue weighted by Crippen LogP contribution is 2.14. The van der Waals surface area contributed by atoms with E-state index in [1.165, 1.54) is 12.1 Å². The van der Waals surface area contributed by atoms with E-state index in [0.717, 1.165) is 0 Å². The summed E-state index contributed by atoms with van der Waals surface area (Å²) < 4.78 is 21.2. The molecule has 0 aliphatic rings. The molecule has 0 saturated heterocycles. The molecule has 1 aromatic carbocycles. The number of allylic oxidation sites excluding steroid dienone is 1. The Morgan fingerprint density at radius 2 is 1.77 bits per heavy atom. The Kier molecular flexibility index (Phi) is 8.62. The summed E-state index contributed by atoms with van der Waals surface area (Å²) >= 11 is 0. The number of esters is 2. The van der Waals surface area contributed by atoms with E-state index >= 15 is 0 Å². The van der Waals surface area contributed by atoms with Gasteiger partial charge in [-0.15, -0.1) is 0 Å². The van der Waals surface area contributed by atoms with Crippen LogP contribution in [0.5, 0.6) is 5.75 Å².